The molecule has 19 heavy (non-hydrogen) atoms. The number of unbranched alkanes of at least 4 members (excludes halogenated alkanes) is 3. The Labute approximate surface area is 140 Å². The van der Waals surface area contributed by atoms with Gasteiger partial charge in [-0.25, -0.2) is 8.42 Å². The molecule has 0 spiro atoms. The maximum atomic E-state index is 11.1. The molecule has 4 nitrogen and oxygen atoms in total. The van der Waals surface area contributed by atoms with Crippen molar-refractivity contribution in [1.82, 2.24) is 0 Å². The Hall–Kier alpha value is 0.870. The number of hydrogen-bond acceptors (Lipinski definition) is 4. The third-order valence-electron chi connectivity index (χ3n) is 3.32. The van der Waals surface area contributed by atoms with Gasteiger partial charge in [-0.15, -0.1) is 0 Å². The summed E-state index contributed by atoms with van der Waals surface area (Å²) in [7, 11) is -4.16. The normalized spacial score (nSPS) is 14.7. The molecule has 0 amide bonds. The van der Waals surface area contributed by atoms with E-state index in [2.05, 4.69) is 0 Å². The van der Waals surface area contributed by atoms with Crippen molar-refractivity contribution in [2.75, 3.05) is 0 Å². The first-order chi connectivity index (χ1) is 8.41. The van der Waals surface area contributed by atoms with Crippen LogP contribution >= 0.6 is 0 Å². The molecule has 2 atom stereocenters. The largest absolute Gasteiger partial charge is 1.00 e. The van der Waals surface area contributed by atoms with Crippen molar-refractivity contribution in [2.24, 2.45) is 0 Å². The van der Waals surface area contributed by atoms with E-state index in [9.17, 15) is 18.1 Å². The predicted molar refractivity (Wildman–Crippen MR) is 72.4 cm³/mol. The zero-order valence-electron chi connectivity index (χ0n) is 12.6. The van der Waals surface area contributed by atoms with Gasteiger partial charge >= 0.3 is 29.6 Å². The maximum absolute atomic E-state index is 11.1. The van der Waals surface area contributed by atoms with E-state index in [-0.39, 0.29) is 35.7 Å². The first-order valence-electron chi connectivity index (χ1n) is 7.04. The maximum Gasteiger partial charge on any atom is 1.00 e. The smallest absolute Gasteiger partial charge is 0.748 e. The minimum Gasteiger partial charge on any atom is -0.748 e. The topological polar surface area (TPSA) is 77.4 Å². The molecule has 0 aromatic carbocycles. The van der Waals surface area contributed by atoms with Crippen molar-refractivity contribution in [3.8, 4) is 0 Å². The average Bonchev–Trinajstić information content (AvgIpc) is 2.30. The molecule has 0 aromatic rings. The van der Waals surface area contributed by atoms with Crippen LogP contribution in [0.3, 0.4) is 0 Å². The Balaban J connectivity index is 0. The Morgan fingerprint density at radius 1 is 1.00 bits per heavy atom. The van der Waals surface area contributed by atoms with Crippen LogP contribution in [0.25, 0.3) is 0 Å². The van der Waals surface area contributed by atoms with Gasteiger partial charge in [0.1, 0.15) is 0 Å². The molecule has 0 radical (unpaired) electrons. The second kappa shape index (κ2) is 12.6. The van der Waals surface area contributed by atoms with Crippen molar-refractivity contribution in [1.29, 1.82) is 0 Å². The van der Waals surface area contributed by atoms with Crippen molar-refractivity contribution >= 4 is 10.1 Å². The second-order valence-corrected chi connectivity index (χ2v) is 6.61. The summed E-state index contributed by atoms with van der Waals surface area (Å²) in [5, 5.41) is 8.64. The van der Waals surface area contributed by atoms with Crippen LogP contribution in [0, 0.1) is 0 Å². The van der Waals surface area contributed by atoms with Gasteiger partial charge in [0.05, 0.1) is 16.2 Å². The molecule has 0 aliphatic rings. The fraction of sp³-hybridized carbons (Fsp3) is 1.00. The quantitative estimate of drug-likeness (QED) is 0.326. The van der Waals surface area contributed by atoms with E-state index in [1.165, 1.54) is 0 Å². The van der Waals surface area contributed by atoms with Gasteiger partial charge < -0.3 is 9.66 Å². The zero-order valence-corrected chi connectivity index (χ0v) is 15.4. The molecule has 1 N–H and O–H groups in total. The van der Waals surface area contributed by atoms with Gasteiger partial charge in [0, 0.05) is 5.25 Å². The Kier molecular flexibility index (Phi) is 14.7. The first kappa shape index (κ1) is 22.2. The standard InChI is InChI=1S/C13H28O4S.Na/c1-3-5-6-10-13(18(15,16)17)11-8-7-9-12(14)4-2;/h12-14H,3-11H2,1-2H3,(H,15,16,17);/q;+1/p-1. The molecule has 0 aromatic heterocycles. The monoisotopic (exact) mass is 302 g/mol. The Morgan fingerprint density at radius 3 is 1.89 bits per heavy atom. The molecule has 0 saturated heterocycles. The number of hydrogen-bond donors (Lipinski definition) is 1. The number of rotatable bonds is 11. The summed E-state index contributed by atoms with van der Waals surface area (Å²) in [6.07, 6.45) is 6.32. The molecule has 0 fully saturated rings. The van der Waals surface area contributed by atoms with Crippen LogP contribution in [-0.4, -0.2) is 29.4 Å². The van der Waals surface area contributed by atoms with Gasteiger partial charge in [-0.05, 0) is 25.7 Å². The molecule has 0 heterocycles. The van der Waals surface area contributed by atoms with Crippen LogP contribution in [0.15, 0.2) is 0 Å². The molecule has 0 aliphatic carbocycles. The summed E-state index contributed by atoms with van der Waals surface area (Å²) >= 11 is 0. The molecule has 0 rings (SSSR count). The van der Waals surface area contributed by atoms with Crippen molar-refractivity contribution < 1.29 is 47.6 Å². The summed E-state index contributed by atoms with van der Waals surface area (Å²) in [4.78, 5) is 0. The number of aliphatic hydroxyl groups excluding tert-OH is 1. The molecule has 0 aliphatic heterocycles. The Morgan fingerprint density at radius 2 is 1.47 bits per heavy atom. The molecular formula is C13H27NaO4S. The van der Waals surface area contributed by atoms with E-state index in [0.29, 0.717) is 25.7 Å². The van der Waals surface area contributed by atoms with Crippen molar-refractivity contribution in [2.45, 2.75) is 83.0 Å². The average molecular weight is 302 g/mol. The fourth-order valence-corrected chi connectivity index (χ4v) is 2.92. The SMILES string of the molecule is CCCCCC(CCCCC(O)CC)S(=O)(=O)[O-].[Na+]. The van der Waals surface area contributed by atoms with E-state index in [0.717, 1.165) is 32.1 Å². The van der Waals surface area contributed by atoms with Crippen molar-refractivity contribution in [3.05, 3.63) is 0 Å². The molecular weight excluding hydrogens is 275 g/mol. The van der Waals surface area contributed by atoms with E-state index >= 15 is 0 Å². The summed E-state index contributed by atoms with van der Waals surface area (Å²) < 4.78 is 33.3. The van der Waals surface area contributed by atoms with Crippen LogP contribution in [0.1, 0.15) is 71.6 Å². The summed E-state index contributed by atoms with van der Waals surface area (Å²) in [5.74, 6) is 0. The van der Waals surface area contributed by atoms with Crippen LogP contribution in [-0.2, 0) is 10.1 Å². The summed E-state index contributed by atoms with van der Waals surface area (Å²) in [5.41, 5.74) is 0. The van der Waals surface area contributed by atoms with Crippen LogP contribution in [0.5, 0.6) is 0 Å². The minimum atomic E-state index is -4.16. The van der Waals surface area contributed by atoms with E-state index < -0.39 is 15.4 Å². The van der Waals surface area contributed by atoms with Gasteiger partial charge in [0.25, 0.3) is 0 Å². The molecule has 0 bridgehead atoms. The molecule has 0 saturated carbocycles. The Bertz CT molecular complexity index is 293. The molecule has 110 valence electrons. The fourth-order valence-electron chi connectivity index (χ4n) is 2.01. The van der Waals surface area contributed by atoms with Crippen molar-refractivity contribution in [3.63, 3.8) is 0 Å². The van der Waals surface area contributed by atoms with Gasteiger partial charge in [0.2, 0.25) is 0 Å². The van der Waals surface area contributed by atoms with Crippen LogP contribution in [0.4, 0.5) is 0 Å². The summed E-state index contributed by atoms with van der Waals surface area (Å²) in [6.45, 7) is 3.97. The van der Waals surface area contributed by atoms with E-state index in [1.54, 1.807) is 0 Å². The van der Waals surface area contributed by atoms with E-state index in [4.69, 9.17) is 0 Å². The second-order valence-electron chi connectivity index (χ2n) is 4.96. The van der Waals surface area contributed by atoms with Gasteiger partial charge in [0.15, 0.2) is 0 Å². The molecule has 6 heteroatoms. The third-order valence-corrected chi connectivity index (χ3v) is 4.61. The van der Waals surface area contributed by atoms with E-state index in [1.807, 2.05) is 13.8 Å². The minimum absolute atomic E-state index is 0. The van der Waals surface area contributed by atoms with Gasteiger partial charge in [-0.2, -0.15) is 0 Å². The predicted octanol–water partition coefficient (Wildman–Crippen LogP) is -0.184. The zero-order chi connectivity index (χ0) is 14.0. The van der Waals surface area contributed by atoms with Crippen LogP contribution < -0.4 is 29.6 Å². The summed E-state index contributed by atoms with van der Waals surface area (Å²) in [6, 6.07) is 0. The first-order valence-corrected chi connectivity index (χ1v) is 8.51. The third kappa shape index (κ3) is 12.3. The van der Waals surface area contributed by atoms with Gasteiger partial charge in [-0.3, -0.25) is 0 Å². The number of aliphatic hydroxyl groups is 1. The van der Waals surface area contributed by atoms with Crippen LogP contribution in [0.2, 0.25) is 0 Å². The van der Waals surface area contributed by atoms with Gasteiger partial charge in [-0.1, -0.05) is 46.0 Å². The molecule has 2 unspecified atom stereocenters.